The van der Waals surface area contributed by atoms with Crippen LogP contribution in [-0.2, 0) is 0 Å². The molecule has 0 aromatic rings. The smallest absolute Gasteiger partial charge is 0.0682 e. The number of allylic oxidation sites excluding steroid dienone is 4. The maximum absolute atomic E-state index is 3.47. The minimum atomic E-state index is 0.369. The summed E-state index contributed by atoms with van der Waals surface area (Å²) in [5, 5.41) is 6.95. The second-order valence-corrected chi connectivity index (χ2v) is 5.74. The highest BCUT2D eigenvalue weighted by Gasteiger charge is 2.19. The van der Waals surface area contributed by atoms with E-state index in [1.807, 2.05) is 0 Å². The second-order valence-electron chi connectivity index (χ2n) is 5.74. The van der Waals surface area contributed by atoms with E-state index in [0.29, 0.717) is 12.1 Å². The Morgan fingerprint density at radius 1 is 0.800 bits per heavy atom. The number of nitrogens with one attached hydrogen (secondary N) is 2. The summed E-state index contributed by atoms with van der Waals surface area (Å²) in [5.74, 6) is 0. The Morgan fingerprint density at radius 3 is 1.65 bits per heavy atom. The van der Waals surface area contributed by atoms with Crippen molar-refractivity contribution in [1.29, 1.82) is 0 Å². The quantitative estimate of drug-likeness (QED) is 0.726. The van der Waals surface area contributed by atoms with Crippen molar-refractivity contribution in [2.75, 3.05) is 0 Å². The van der Waals surface area contributed by atoms with Gasteiger partial charge in [0, 0.05) is 0 Å². The first kappa shape index (κ1) is 15.0. The molecule has 2 aliphatic heterocycles. The van der Waals surface area contributed by atoms with E-state index in [4.69, 9.17) is 0 Å². The fourth-order valence-electron chi connectivity index (χ4n) is 2.71. The van der Waals surface area contributed by atoms with Gasteiger partial charge >= 0.3 is 0 Å². The van der Waals surface area contributed by atoms with Gasteiger partial charge in [-0.25, -0.2) is 0 Å². The van der Waals surface area contributed by atoms with Crippen molar-refractivity contribution in [2.45, 2.75) is 64.5 Å². The lowest BCUT2D eigenvalue weighted by atomic mass is 9.95. The Labute approximate surface area is 123 Å². The zero-order valence-electron chi connectivity index (χ0n) is 12.9. The minimum Gasteiger partial charge on any atom is -0.382 e. The molecule has 2 aliphatic rings. The topological polar surface area (TPSA) is 24.1 Å². The molecule has 20 heavy (non-hydrogen) atoms. The van der Waals surface area contributed by atoms with Crippen molar-refractivity contribution in [1.82, 2.24) is 10.6 Å². The highest BCUT2D eigenvalue weighted by molar-refractivity contribution is 5.32. The Morgan fingerprint density at radius 2 is 1.25 bits per heavy atom. The van der Waals surface area contributed by atoms with Gasteiger partial charge in [-0.3, -0.25) is 0 Å². The van der Waals surface area contributed by atoms with E-state index in [9.17, 15) is 0 Å². The second kappa shape index (κ2) is 7.98. The zero-order chi connectivity index (χ0) is 14.2. The lowest BCUT2D eigenvalue weighted by Gasteiger charge is -2.28. The Hall–Kier alpha value is -1.44. The predicted octanol–water partition coefficient (Wildman–Crippen LogP) is 4.19. The van der Waals surface area contributed by atoms with E-state index < -0.39 is 0 Å². The first-order valence-corrected chi connectivity index (χ1v) is 8.10. The van der Waals surface area contributed by atoms with Crippen LogP contribution in [0.5, 0.6) is 0 Å². The molecule has 0 spiro atoms. The maximum Gasteiger partial charge on any atom is 0.0682 e. The molecular formula is C18H28N2. The van der Waals surface area contributed by atoms with Gasteiger partial charge in [0.05, 0.1) is 12.1 Å². The van der Waals surface area contributed by atoms with Gasteiger partial charge in [0.2, 0.25) is 0 Å². The molecule has 0 saturated heterocycles. The Kier molecular flexibility index (Phi) is 5.97. The molecule has 2 nitrogen and oxygen atoms in total. The van der Waals surface area contributed by atoms with Crippen LogP contribution >= 0.6 is 0 Å². The molecule has 2 atom stereocenters. The van der Waals surface area contributed by atoms with Crippen LogP contribution in [-0.4, -0.2) is 12.1 Å². The zero-order valence-corrected chi connectivity index (χ0v) is 12.9. The molecular weight excluding hydrogens is 244 g/mol. The van der Waals surface area contributed by atoms with Gasteiger partial charge in [-0.15, -0.1) is 0 Å². The van der Waals surface area contributed by atoms with Gasteiger partial charge < -0.3 is 10.6 Å². The van der Waals surface area contributed by atoms with Gasteiger partial charge in [-0.05, 0) is 61.4 Å². The number of unbranched alkanes of at least 4 members (excludes halogenated alkanes) is 2. The Balaban J connectivity index is 1.97. The van der Waals surface area contributed by atoms with Crippen molar-refractivity contribution in [3.63, 3.8) is 0 Å². The summed E-state index contributed by atoms with van der Waals surface area (Å²) in [6.07, 6.45) is 20.9. The normalized spacial score (nSPS) is 24.7. The van der Waals surface area contributed by atoms with Crippen LogP contribution in [0.2, 0.25) is 0 Å². The largest absolute Gasteiger partial charge is 0.382 e. The first-order chi connectivity index (χ1) is 9.83. The van der Waals surface area contributed by atoms with E-state index in [1.165, 1.54) is 49.7 Å². The van der Waals surface area contributed by atoms with Crippen LogP contribution < -0.4 is 10.6 Å². The molecule has 2 rings (SSSR count). The summed E-state index contributed by atoms with van der Waals surface area (Å²) < 4.78 is 0. The first-order valence-electron chi connectivity index (χ1n) is 8.10. The monoisotopic (exact) mass is 272 g/mol. The fourth-order valence-corrected chi connectivity index (χ4v) is 2.71. The highest BCUT2D eigenvalue weighted by atomic mass is 15.0. The molecule has 0 radical (unpaired) electrons. The molecule has 0 aromatic carbocycles. The van der Waals surface area contributed by atoms with Crippen molar-refractivity contribution in [3.8, 4) is 0 Å². The van der Waals surface area contributed by atoms with Gasteiger partial charge in [-0.2, -0.15) is 0 Å². The van der Waals surface area contributed by atoms with Crippen LogP contribution in [0.4, 0.5) is 0 Å². The van der Waals surface area contributed by atoms with Crippen molar-refractivity contribution in [3.05, 3.63) is 47.9 Å². The van der Waals surface area contributed by atoms with Gasteiger partial charge in [0.1, 0.15) is 0 Å². The van der Waals surface area contributed by atoms with E-state index in [0.717, 1.165) is 0 Å². The number of dihydropyridines is 2. The third-order valence-electron chi connectivity index (χ3n) is 3.98. The molecule has 0 saturated carbocycles. The molecule has 110 valence electrons. The van der Waals surface area contributed by atoms with E-state index in [1.54, 1.807) is 0 Å². The average molecular weight is 272 g/mol. The fraction of sp³-hybridized carbons (Fsp3) is 0.556. The molecule has 0 fully saturated rings. The van der Waals surface area contributed by atoms with Gasteiger partial charge in [-0.1, -0.05) is 38.8 Å². The van der Waals surface area contributed by atoms with Crippen LogP contribution in [0, 0.1) is 0 Å². The summed E-state index contributed by atoms with van der Waals surface area (Å²) >= 11 is 0. The number of hydrogen-bond donors (Lipinski definition) is 2. The number of hydrogen-bond acceptors (Lipinski definition) is 2. The van der Waals surface area contributed by atoms with Crippen LogP contribution in [0.25, 0.3) is 0 Å². The lowest BCUT2D eigenvalue weighted by molar-refractivity contribution is 0.548. The summed E-state index contributed by atoms with van der Waals surface area (Å²) in [7, 11) is 0. The summed E-state index contributed by atoms with van der Waals surface area (Å²) in [6.45, 7) is 4.50. The van der Waals surface area contributed by atoms with Crippen LogP contribution in [0.1, 0.15) is 52.4 Å². The van der Waals surface area contributed by atoms with E-state index in [-0.39, 0.29) is 0 Å². The third-order valence-corrected chi connectivity index (χ3v) is 3.98. The summed E-state index contributed by atoms with van der Waals surface area (Å²) in [4.78, 5) is 0. The highest BCUT2D eigenvalue weighted by Crippen LogP contribution is 2.19. The standard InChI is InChI=1S/C18H28N2/c1-3-5-7-15-9-11-19-17(13-15)18-14-16(8-6-4-2)10-12-20-18/h9-14,17-20H,3-8H2,1-2H3. The molecule has 0 aromatic heterocycles. The summed E-state index contributed by atoms with van der Waals surface area (Å²) in [5.41, 5.74) is 2.94. The van der Waals surface area contributed by atoms with Crippen LogP contribution in [0.3, 0.4) is 0 Å². The average Bonchev–Trinajstić information content (AvgIpc) is 2.51. The molecule has 2 N–H and O–H groups in total. The molecule has 0 amide bonds. The Bertz CT molecular complexity index is 375. The van der Waals surface area contributed by atoms with E-state index >= 15 is 0 Å². The predicted molar refractivity (Wildman–Crippen MR) is 87.3 cm³/mol. The molecule has 0 aliphatic carbocycles. The molecule has 2 unspecified atom stereocenters. The SMILES string of the molecule is CCCCC1=CC(C2C=C(CCCC)C=CN2)NC=C1. The van der Waals surface area contributed by atoms with Gasteiger partial charge in [0.15, 0.2) is 0 Å². The third kappa shape index (κ3) is 4.29. The molecule has 0 bridgehead atoms. The molecule has 2 heteroatoms. The van der Waals surface area contributed by atoms with Crippen molar-refractivity contribution in [2.24, 2.45) is 0 Å². The van der Waals surface area contributed by atoms with Crippen LogP contribution in [0.15, 0.2) is 47.9 Å². The summed E-state index contributed by atoms with van der Waals surface area (Å²) in [6, 6.07) is 0.738. The van der Waals surface area contributed by atoms with Crippen molar-refractivity contribution >= 4 is 0 Å². The number of rotatable bonds is 7. The van der Waals surface area contributed by atoms with E-state index in [2.05, 4.69) is 61.2 Å². The minimum absolute atomic E-state index is 0.369. The maximum atomic E-state index is 3.47. The molecule has 2 heterocycles. The van der Waals surface area contributed by atoms with Gasteiger partial charge in [0.25, 0.3) is 0 Å². The lowest BCUT2D eigenvalue weighted by Crippen LogP contribution is -2.44. The van der Waals surface area contributed by atoms with Crippen molar-refractivity contribution < 1.29 is 0 Å².